The van der Waals surface area contributed by atoms with Crippen molar-refractivity contribution in [2.75, 3.05) is 5.88 Å². The summed E-state index contributed by atoms with van der Waals surface area (Å²) in [6.45, 7) is 3.61. The van der Waals surface area contributed by atoms with Gasteiger partial charge >= 0.3 is 6.18 Å². The summed E-state index contributed by atoms with van der Waals surface area (Å²) in [5, 5.41) is 2.63. The topological polar surface area (TPSA) is 29.1 Å². The minimum Gasteiger partial charge on any atom is -0.349 e. The minimum atomic E-state index is -4.45. The first kappa shape index (κ1) is 15.8. The lowest BCUT2D eigenvalue weighted by molar-refractivity contribution is -0.137. The molecule has 1 rings (SSSR count). The lowest BCUT2D eigenvalue weighted by atomic mass is 10.0. The molecular weight excluding hydrogens is 279 g/mol. The molecule has 2 atom stereocenters. The molecule has 1 N–H and O–H groups in total. The predicted octanol–water partition coefficient (Wildman–Crippen LogP) is 3.70. The van der Waals surface area contributed by atoms with Crippen LogP contribution >= 0.6 is 11.6 Å². The quantitative estimate of drug-likeness (QED) is 0.843. The Morgan fingerprint density at radius 3 is 2.53 bits per heavy atom. The van der Waals surface area contributed by atoms with Crippen molar-refractivity contribution in [1.82, 2.24) is 5.32 Å². The lowest BCUT2D eigenvalue weighted by Crippen LogP contribution is -2.37. The van der Waals surface area contributed by atoms with Gasteiger partial charge in [-0.25, -0.2) is 0 Å². The van der Waals surface area contributed by atoms with Crippen molar-refractivity contribution in [3.8, 4) is 0 Å². The van der Waals surface area contributed by atoms with Gasteiger partial charge in [0.2, 0.25) is 0 Å². The number of carbonyl (C=O) groups is 1. The van der Waals surface area contributed by atoms with E-state index in [-0.39, 0.29) is 17.5 Å². The van der Waals surface area contributed by atoms with Crippen molar-refractivity contribution >= 4 is 17.5 Å². The molecule has 0 heterocycles. The van der Waals surface area contributed by atoms with Crippen LogP contribution in [0.4, 0.5) is 13.2 Å². The number of nitrogens with one attached hydrogen (secondary N) is 1. The molecule has 0 saturated heterocycles. The molecule has 2 nitrogen and oxygen atoms in total. The van der Waals surface area contributed by atoms with Gasteiger partial charge in [-0.05, 0) is 31.0 Å². The van der Waals surface area contributed by atoms with Crippen molar-refractivity contribution in [3.63, 3.8) is 0 Å². The predicted molar refractivity (Wildman–Crippen MR) is 68.3 cm³/mol. The van der Waals surface area contributed by atoms with Gasteiger partial charge in [0.25, 0.3) is 5.91 Å². The summed E-state index contributed by atoms with van der Waals surface area (Å²) in [7, 11) is 0. The third-order valence-electron chi connectivity index (χ3n) is 2.91. The molecular formula is C13H15ClF3NO. The van der Waals surface area contributed by atoms with Crippen molar-refractivity contribution in [1.29, 1.82) is 0 Å². The summed E-state index contributed by atoms with van der Waals surface area (Å²) >= 11 is 5.66. The average Bonchev–Trinajstić information content (AvgIpc) is 2.36. The van der Waals surface area contributed by atoms with Gasteiger partial charge in [-0.3, -0.25) is 4.79 Å². The number of alkyl halides is 4. The number of carbonyl (C=O) groups excluding carboxylic acids is 1. The molecule has 2 unspecified atom stereocenters. The zero-order chi connectivity index (χ0) is 14.6. The number of amides is 1. The Kier molecular flexibility index (Phi) is 5.23. The number of hydrogen-bond acceptors (Lipinski definition) is 1. The van der Waals surface area contributed by atoms with Crippen LogP contribution in [0.2, 0.25) is 0 Å². The van der Waals surface area contributed by atoms with E-state index in [0.717, 1.165) is 12.1 Å². The van der Waals surface area contributed by atoms with Crippen LogP contribution in [0.3, 0.4) is 0 Å². The molecule has 0 spiro atoms. The van der Waals surface area contributed by atoms with Crippen molar-refractivity contribution in [2.24, 2.45) is 5.92 Å². The highest BCUT2D eigenvalue weighted by Crippen LogP contribution is 2.29. The van der Waals surface area contributed by atoms with E-state index in [0.29, 0.717) is 5.88 Å². The van der Waals surface area contributed by atoms with E-state index in [1.54, 1.807) is 6.92 Å². The molecule has 1 amide bonds. The Morgan fingerprint density at radius 1 is 1.37 bits per heavy atom. The number of hydrogen-bond donors (Lipinski definition) is 1. The molecule has 1 aromatic rings. The van der Waals surface area contributed by atoms with E-state index < -0.39 is 17.6 Å². The molecule has 19 heavy (non-hydrogen) atoms. The van der Waals surface area contributed by atoms with Gasteiger partial charge in [-0.2, -0.15) is 13.2 Å². The molecule has 0 aliphatic rings. The van der Waals surface area contributed by atoms with Crippen LogP contribution < -0.4 is 5.32 Å². The molecule has 106 valence electrons. The second-order valence-electron chi connectivity index (χ2n) is 4.47. The SMILES string of the molecule is CC(CCl)C(C)NC(=O)c1cccc(C(F)(F)F)c1. The highest BCUT2D eigenvalue weighted by Gasteiger charge is 2.31. The number of halogens is 4. The van der Waals surface area contributed by atoms with Gasteiger partial charge in [-0.15, -0.1) is 11.6 Å². The van der Waals surface area contributed by atoms with Crippen LogP contribution in [0.25, 0.3) is 0 Å². The molecule has 0 aliphatic carbocycles. The smallest absolute Gasteiger partial charge is 0.349 e. The third-order valence-corrected chi connectivity index (χ3v) is 3.39. The van der Waals surface area contributed by atoms with E-state index in [9.17, 15) is 18.0 Å². The van der Waals surface area contributed by atoms with Gasteiger partial charge in [0, 0.05) is 17.5 Å². The van der Waals surface area contributed by atoms with Crippen molar-refractivity contribution in [3.05, 3.63) is 35.4 Å². The standard InChI is InChI=1S/C13H15ClF3NO/c1-8(7-14)9(2)18-12(19)10-4-3-5-11(6-10)13(15,16)17/h3-6,8-9H,7H2,1-2H3,(H,18,19). The van der Waals surface area contributed by atoms with Crippen LogP contribution in [0.5, 0.6) is 0 Å². The molecule has 0 bridgehead atoms. The maximum absolute atomic E-state index is 12.5. The lowest BCUT2D eigenvalue weighted by Gasteiger charge is -2.19. The first-order valence-corrected chi connectivity index (χ1v) is 6.33. The van der Waals surface area contributed by atoms with E-state index in [2.05, 4.69) is 5.32 Å². The number of benzene rings is 1. The summed E-state index contributed by atoms with van der Waals surface area (Å²) in [5.74, 6) is -0.128. The molecule has 0 fully saturated rings. The van der Waals surface area contributed by atoms with Gasteiger partial charge in [0.05, 0.1) is 5.56 Å². The highest BCUT2D eigenvalue weighted by atomic mass is 35.5. The molecule has 6 heteroatoms. The number of rotatable bonds is 4. The Balaban J connectivity index is 2.83. The molecule has 0 aromatic heterocycles. The second kappa shape index (κ2) is 6.28. The second-order valence-corrected chi connectivity index (χ2v) is 4.78. The Hall–Kier alpha value is -1.23. The highest BCUT2D eigenvalue weighted by molar-refractivity contribution is 6.18. The van der Waals surface area contributed by atoms with Gasteiger partial charge in [0.1, 0.15) is 0 Å². The summed E-state index contributed by atoms with van der Waals surface area (Å²) in [4.78, 5) is 11.8. The summed E-state index contributed by atoms with van der Waals surface area (Å²) in [5.41, 5.74) is -0.846. The van der Waals surface area contributed by atoms with Crippen LogP contribution in [-0.4, -0.2) is 17.8 Å². The van der Waals surface area contributed by atoms with Gasteiger partial charge < -0.3 is 5.32 Å². The first-order chi connectivity index (χ1) is 8.75. The monoisotopic (exact) mass is 293 g/mol. The molecule has 0 aliphatic heterocycles. The van der Waals surface area contributed by atoms with E-state index >= 15 is 0 Å². The zero-order valence-electron chi connectivity index (χ0n) is 10.6. The largest absolute Gasteiger partial charge is 0.416 e. The Morgan fingerprint density at radius 2 is 2.00 bits per heavy atom. The normalized spacial score (nSPS) is 14.8. The van der Waals surface area contributed by atoms with Crippen LogP contribution in [-0.2, 0) is 6.18 Å². The fourth-order valence-corrected chi connectivity index (χ4v) is 1.67. The van der Waals surface area contributed by atoms with E-state index in [4.69, 9.17) is 11.6 Å². The maximum atomic E-state index is 12.5. The zero-order valence-corrected chi connectivity index (χ0v) is 11.3. The minimum absolute atomic E-state index is 0.0107. The Labute approximate surface area is 114 Å². The molecule has 0 saturated carbocycles. The van der Waals surface area contributed by atoms with Crippen LogP contribution in [0.15, 0.2) is 24.3 Å². The summed E-state index contributed by atoms with van der Waals surface area (Å²) in [6.07, 6.45) is -4.45. The van der Waals surface area contributed by atoms with Gasteiger partial charge in [0.15, 0.2) is 0 Å². The summed E-state index contributed by atoms with van der Waals surface area (Å²) in [6, 6.07) is 4.13. The van der Waals surface area contributed by atoms with Crippen molar-refractivity contribution < 1.29 is 18.0 Å². The van der Waals surface area contributed by atoms with Crippen LogP contribution in [0, 0.1) is 5.92 Å². The van der Waals surface area contributed by atoms with Gasteiger partial charge in [-0.1, -0.05) is 13.0 Å². The maximum Gasteiger partial charge on any atom is 0.416 e. The third kappa shape index (κ3) is 4.42. The van der Waals surface area contributed by atoms with E-state index in [1.165, 1.54) is 12.1 Å². The van der Waals surface area contributed by atoms with Crippen molar-refractivity contribution in [2.45, 2.75) is 26.1 Å². The fraction of sp³-hybridized carbons (Fsp3) is 0.462. The Bertz CT molecular complexity index is 448. The molecule has 0 radical (unpaired) electrons. The molecule has 1 aromatic carbocycles. The summed E-state index contributed by atoms with van der Waals surface area (Å²) < 4.78 is 37.6. The average molecular weight is 294 g/mol. The van der Waals surface area contributed by atoms with Crippen LogP contribution in [0.1, 0.15) is 29.8 Å². The van der Waals surface area contributed by atoms with E-state index in [1.807, 2.05) is 6.92 Å². The fourth-order valence-electron chi connectivity index (χ4n) is 1.40. The first-order valence-electron chi connectivity index (χ1n) is 5.79.